The predicted molar refractivity (Wildman–Crippen MR) is 72.4 cm³/mol. The van der Waals surface area contributed by atoms with Crippen LogP contribution in [0.2, 0.25) is 0 Å². The van der Waals surface area contributed by atoms with Gasteiger partial charge in [-0.1, -0.05) is 26.0 Å². The summed E-state index contributed by atoms with van der Waals surface area (Å²) >= 11 is 0. The van der Waals surface area contributed by atoms with Crippen LogP contribution < -0.4 is 0 Å². The lowest BCUT2D eigenvalue weighted by atomic mass is 9.87. The van der Waals surface area contributed by atoms with E-state index in [0.29, 0.717) is 5.41 Å². The number of hydrogen-bond donors (Lipinski definition) is 0. The topological polar surface area (TPSA) is 30.7 Å². The van der Waals surface area contributed by atoms with Crippen molar-refractivity contribution >= 4 is 0 Å². The Morgan fingerprint density at radius 1 is 1.00 bits per heavy atom. The number of aromatic nitrogens is 3. The lowest BCUT2D eigenvalue weighted by molar-refractivity contribution is 0.311. The Labute approximate surface area is 110 Å². The molecule has 3 heteroatoms. The van der Waals surface area contributed by atoms with Gasteiger partial charge in [-0.3, -0.25) is 0 Å². The summed E-state index contributed by atoms with van der Waals surface area (Å²) in [6.45, 7) is 13.8. The second-order valence-electron chi connectivity index (χ2n) is 8.19. The third kappa shape index (κ3) is 1.70. The summed E-state index contributed by atoms with van der Waals surface area (Å²) in [6.07, 6.45) is 2.34. The second-order valence-corrected chi connectivity index (χ2v) is 8.19. The molecular formula is C15H25N3. The van der Waals surface area contributed by atoms with Crippen molar-refractivity contribution in [3.8, 4) is 0 Å². The van der Waals surface area contributed by atoms with Crippen LogP contribution in [0.4, 0.5) is 0 Å². The van der Waals surface area contributed by atoms with E-state index in [0.717, 1.165) is 24.2 Å². The molecule has 0 saturated heterocycles. The Bertz CT molecular complexity index is 473. The first-order chi connectivity index (χ1) is 8.19. The molecule has 100 valence electrons. The first-order valence-electron chi connectivity index (χ1n) is 7.13. The van der Waals surface area contributed by atoms with Gasteiger partial charge in [-0.25, -0.2) is 4.68 Å². The van der Waals surface area contributed by atoms with Gasteiger partial charge < -0.3 is 0 Å². The number of fused-ring (bicyclic) bond motifs is 2. The molecule has 0 aromatic carbocycles. The Kier molecular flexibility index (Phi) is 2.28. The summed E-state index contributed by atoms with van der Waals surface area (Å²) in [7, 11) is 0. The molecule has 1 fully saturated rings. The lowest BCUT2D eigenvalue weighted by Crippen LogP contribution is -2.26. The fourth-order valence-corrected chi connectivity index (χ4v) is 3.97. The van der Waals surface area contributed by atoms with E-state index in [1.807, 2.05) is 0 Å². The fourth-order valence-electron chi connectivity index (χ4n) is 3.97. The molecule has 0 bridgehead atoms. The molecule has 1 aromatic heterocycles. The minimum Gasteiger partial charge on any atom is -0.244 e. The van der Waals surface area contributed by atoms with Gasteiger partial charge in [0.15, 0.2) is 0 Å². The van der Waals surface area contributed by atoms with Crippen LogP contribution in [-0.2, 0) is 18.4 Å². The first-order valence-corrected chi connectivity index (χ1v) is 7.13. The van der Waals surface area contributed by atoms with Crippen LogP contribution in [0.25, 0.3) is 0 Å². The lowest BCUT2D eigenvalue weighted by Gasteiger charge is -2.23. The van der Waals surface area contributed by atoms with Gasteiger partial charge >= 0.3 is 0 Å². The van der Waals surface area contributed by atoms with E-state index >= 15 is 0 Å². The first kappa shape index (κ1) is 12.2. The molecule has 3 atom stereocenters. The van der Waals surface area contributed by atoms with Gasteiger partial charge in [-0.2, -0.15) is 0 Å². The Morgan fingerprint density at radius 3 is 2.17 bits per heavy atom. The van der Waals surface area contributed by atoms with Crippen molar-refractivity contribution in [2.24, 2.45) is 23.2 Å². The highest BCUT2D eigenvalue weighted by Crippen LogP contribution is 2.60. The zero-order valence-corrected chi connectivity index (χ0v) is 12.5. The van der Waals surface area contributed by atoms with Crippen molar-refractivity contribution in [3.05, 3.63) is 11.4 Å². The van der Waals surface area contributed by atoms with Gasteiger partial charge in [0.1, 0.15) is 0 Å². The van der Waals surface area contributed by atoms with Crippen LogP contribution in [0, 0.1) is 23.2 Å². The monoisotopic (exact) mass is 247 g/mol. The molecule has 3 rings (SSSR count). The fraction of sp³-hybridized carbons (Fsp3) is 0.867. The molecule has 0 amide bonds. The number of rotatable bonds is 0. The summed E-state index contributed by atoms with van der Waals surface area (Å²) in [4.78, 5) is 0. The Balaban J connectivity index is 1.89. The van der Waals surface area contributed by atoms with Crippen molar-refractivity contribution in [1.82, 2.24) is 15.0 Å². The molecule has 0 spiro atoms. The maximum atomic E-state index is 4.43. The van der Waals surface area contributed by atoms with Crippen molar-refractivity contribution < 1.29 is 0 Å². The molecular weight excluding hydrogens is 222 g/mol. The summed E-state index contributed by atoms with van der Waals surface area (Å²) in [5.41, 5.74) is 3.16. The van der Waals surface area contributed by atoms with Gasteiger partial charge in [0.25, 0.3) is 0 Å². The molecule has 1 aromatic rings. The molecule has 0 radical (unpaired) electrons. The van der Waals surface area contributed by atoms with Gasteiger partial charge in [-0.05, 0) is 56.8 Å². The molecule has 18 heavy (non-hydrogen) atoms. The zero-order chi connectivity index (χ0) is 13.3. The number of hydrogen-bond acceptors (Lipinski definition) is 2. The number of nitrogens with zero attached hydrogens (tertiary/aromatic N) is 3. The van der Waals surface area contributed by atoms with E-state index in [4.69, 9.17) is 0 Å². The molecule has 1 heterocycles. The Hall–Kier alpha value is -0.860. The van der Waals surface area contributed by atoms with E-state index < -0.39 is 0 Å². The molecule has 0 N–H and O–H groups in total. The van der Waals surface area contributed by atoms with Crippen molar-refractivity contribution in [2.75, 3.05) is 0 Å². The van der Waals surface area contributed by atoms with Crippen LogP contribution in [0.1, 0.15) is 52.9 Å². The second kappa shape index (κ2) is 3.37. The summed E-state index contributed by atoms with van der Waals surface area (Å²) in [5.74, 6) is 2.61. The summed E-state index contributed by atoms with van der Waals surface area (Å²) in [6, 6.07) is 0. The van der Waals surface area contributed by atoms with Gasteiger partial charge in [0.05, 0.1) is 16.9 Å². The van der Waals surface area contributed by atoms with Crippen LogP contribution in [-0.4, -0.2) is 15.0 Å². The highest BCUT2D eigenvalue weighted by molar-refractivity contribution is 5.24. The maximum Gasteiger partial charge on any atom is 0.0862 e. The van der Waals surface area contributed by atoms with E-state index in [2.05, 4.69) is 56.5 Å². The average molecular weight is 247 g/mol. The molecule has 3 nitrogen and oxygen atoms in total. The summed E-state index contributed by atoms with van der Waals surface area (Å²) < 4.78 is 2.15. The molecule has 2 aliphatic rings. The quantitative estimate of drug-likeness (QED) is 0.705. The highest BCUT2D eigenvalue weighted by Gasteiger charge is 2.58. The van der Waals surface area contributed by atoms with E-state index in [9.17, 15) is 0 Å². The predicted octanol–water partition coefficient (Wildman–Crippen LogP) is 3.04. The van der Waals surface area contributed by atoms with E-state index in [-0.39, 0.29) is 5.54 Å². The minimum absolute atomic E-state index is 0.0551. The SMILES string of the molecule is CC(C)(C)C1[C@H]2Cc3c(nnn3C(C)(C)C)C[C@@H]12. The standard InChI is InChI=1S/C15H25N3/c1-14(2,3)13-9-7-11-12(8-10(9)13)18(17-16-11)15(4,5)6/h9-10,13H,7-8H2,1-6H3/t9-,10+,13?/m1/s1. The molecule has 0 aliphatic heterocycles. The van der Waals surface area contributed by atoms with Gasteiger partial charge in [0.2, 0.25) is 0 Å². The van der Waals surface area contributed by atoms with E-state index in [1.165, 1.54) is 17.8 Å². The minimum atomic E-state index is 0.0551. The molecule has 2 aliphatic carbocycles. The zero-order valence-electron chi connectivity index (χ0n) is 12.5. The third-order valence-electron chi connectivity index (χ3n) is 4.67. The normalized spacial score (nSPS) is 30.9. The van der Waals surface area contributed by atoms with Crippen molar-refractivity contribution in [3.63, 3.8) is 0 Å². The summed E-state index contributed by atoms with van der Waals surface area (Å²) in [5, 5.41) is 8.81. The molecule has 1 unspecified atom stereocenters. The van der Waals surface area contributed by atoms with Crippen LogP contribution in [0.5, 0.6) is 0 Å². The highest BCUT2D eigenvalue weighted by atomic mass is 15.5. The smallest absolute Gasteiger partial charge is 0.0862 e. The van der Waals surface area contributed by atoms with E-state index in [1.54, 1.807) is 0 Å². The van der Waals surface area contributed by atoms with Gasteiger partial charge in [0, 0.05) is 0 Å². The van der Waals surface area contributed by atoms with Crippen LogP contribution in [0.15, 0.2) is 0 Å². The third-order valence-corrected chi connectivity index (χ3v) is 4.67. The van der Waals surface area contributed by atoms with Crippen molar-refractivity contribution in [1.29, 1.82) is 0 Å². The van der Waals surface area contributed by atoms with Crippen LogP contribution in [0.3, 0.4) is 0 Å². The molecule has 1 saturated carbocycles. The van der Waals surface area contributed by atoms with Crippen LogP contribution >= 0.6 is 0 Å². The Morgan fingerprint density at radius 2 is 1.61 bits per heavy atom. The van der Waals surface area contributed by atoms with Gasteiger partial charge in [-0.15, -0.1) is 5.10 Å². The average Bonchev–Trinajstić information content (AvgIpc) is 2.73. The van der Waals surface area contributed by atoms with Crippen molar-refractivity contribution in [2.45, 2.75) is 59.9 Å². The maximum absolute atomic E-state index is 4.43. The largest absolute Gasteiger partial charge is 0.244 e.